The molecule has 3 aromatic rings. The number of carbonyl (C=O) groups is 1. The fourth-order valence-electron chi connectivity index (χ4n) is 2.64. The molecule has 0 aliphatic rings. The summed E-state index contributed by atoms with van der Waals surface area (Å²) in [5.74, 6) is 0.872. The minimum atomic E-state index is -0.597. The predicted octanol–water partition coefficient (Wildman–Crippen LogP) is 4.59. The fraction of sp³-hybridized carbons (Fsp3) is 0.250. The molecule has 0 bridgehead atoms. The van der Waals surface area contributed by atoms with Crippen molar-refractivity contribution in [1.82, 2.24) is 20.2 Å². The van der Waals surface area contributed by atoms with Crippen LogP contribution >= 0.6 is 23.4 Å². The highest BCUT2D eigenvalue weighted by molar-refractivity contribution is 7.99. The lowest BCUT2D eigenvalue weighted by molar-refractivity contribution is -0.120. The SMILES string of the molecule is CCC(C(=O)Nc1ccccc1SCCC#N)n1nnc(-c2ccc(Cl)cc2)n1. The van der Waals surface area contributed by atoms with Crippen molar-refractivity contribution in [2.24, 2.45) is 0 Å². The Kier molecular flexibility index (Phi) is 7.22. The van der Waals surface area contributed by atoms with Crippen LogP contribution in [0.15, 0.2) is 53.4 Å². The molecule has 1 N–H and O–H groups in total. The van der Waals surface area contributed by atoms with E-state index in [1.807, 2.05) is 31.2 Å². The largest absolute Gasteiger partial charge is 0.323 e. The molecule has 2 aromatic carbocycles. The summed E-state index contributed by atoms with van der Waals surface area (Å²) in [5.41, 5.74) is 1.48. The Morgan fingerprint density at radius 1 is 1.28 bits per heavy atom. The van der Waals surface area contributed by atoms with Gasteiger partial charge in [-0.05, 0) is 48.0 Å². The number of nitrogens with one attached hydrogen (secondary N) is 1. The van der Waals surface area contributed by atoms with Gasteiger partial charge in [-0.2, -0.15) is 10.1 Å². The number of rotatable bonds is 8. The van der Waals surface area contributed by atoms with Crippen LogP contribution < -0.4 is 5.32 Å². The Morgan fingerprint density at radius 3 is 2.76 bits per heavy atom. The topological polar surface area (TPSA) is 96.5 Å². The molecular weight excluding hydrogens is 408 g/mol. The number of aromatic nitrogens is 4. The number of nitriles is 1. The summed E-state index contributed by atoms with van der Waals surface area (Å²) in [7, 11) is 0. The zero-order valence-corrected chi connectivity index (χ0v) is 17.3. The second kappa shape index (κ2) is 10.0. The first-order valence-electron chi connectivity index (χ1n) is 9.07. The minimum absolute atomic E-state index is 0.221. The molecule has 0 saturated heterocycles. The molecule has 7 nitrogen and oxygen atoms in total. The predicted molar refractivity (Wildman–Crippen MR) is 114 cm³/mol. The van der Waals surface area contributed by atoms with Gasteiger partial charge < -0.3 is 5.32 Å². The molecule has 0 radical (unpaired) electrons. The van der Waals surface area contributed by atoms with E-state index >= 15 is 0 Å². The number of anilines is 1. The van der Waals surface area contributed by atoms with Crippen molar-refractivity contribution in [3.05, 3.63) is 53.6 Å². The molecule has 148 valence electrons. The lowest BCUT2D eigenvalue weighted by atomic mass is 10.2. The van der Waals surface area contributed by atoms with Gasteiger partial charge >= 0.3 is 0 Å². The Morgan fingerprint density at radius 2 is 2.03 bits per heavy atom. The summed E-state index contributed by atoms with van der Waals surface area (Å²) < 4.78 is 0. The quantitative estimate of drug-likeness (QED) is 0.418. The molecule has 1 heterocycles. The van der Waals surface area contributed by atoms with Gasteiger partial charge in [0.05, 0.1) is 11.8 Å². The van der Waals surface area contributed by atoms with Crippen molar-refractivity contribution in [3.8, 4) is 17.5 Å². The van der Waals surface area contributed by atoms with Gasteiger partial charge in [-0.15, -0.1) is 22.0 Å². The second-order valence-corrected chi connectivity index (χ2v) is 7.68. The number of tetrazole rings is 1. The lowest BCUT2D eigenvalue weighted by Gasteiger charge is -2.15. The lowest BCUT2D eigenvalue weighted by Crippen LogP contribution is -2.27. The van der Waals surface area contributed by atoms with E-state index in [0.717, 1.165) is 10.5 Å². The van der Waals surface area contributed by atoms with Gasteiger partial charge in [-0.3, -0.25) is 4.79 Å². The fourth-order valence-corrected chi connectivity index (χ4v) is 3.63. The second-order valence-electron chi connectivity index (χ2n) is 6.11. The molecule has 9 heteroatoms. The number of hydrogen-bond acceptors (Lipinski definition) is 6. The van der Waals surface area contributed by atoms with E-state index in [1.54, 1.807) is 24.3 Å². The van der Waals surface area contributed by atoms with Crippen LogP contribution in [0.2, 0.25) is 5.02 Å². The average molecular weight is 427 g/mol. The molecule has 0 aliphatic carbocycles. The first kappa shape index (κ1) is 20.8. The van der Waals surface area contributed by atoms with E-state index in [4.69, 9.17) is 16.9 Å². The molecular formula is C20H19ClN6OS. The first-order chi connectivity index (χ1) is 14.1. The van der Waals surface area contributed by atoms with Crippen molar-refractivity contribution >= 4 is 35.0 Å². The molecule has 0 saturated carbocycles. The third kappa shape index (κ3) is 5.34. The number of thioether (sulfide) groups is 1. The normalized spacial score (nSPS) is 11.6. The summed E-state index contributed by atoms with van der Waals surface area (Å²) in [6.07, 6.45) is 0.951. The average Bonchev–Trinajstić information content (AvgIpc) is 3.20. The standard InChI is InChI=1S/C20H19ClN6OS/c1-2-17(27-25-19(24-26-27)14-8-10-15(21)11-9-14)20(28)23-16-6-3-4-7-18(16)29-13-5-12-22/h3-4,6-11,17H,2,5,13H2,1H3,(H,23,28). The molecule has 1 amide bonds. The van der Waals surface area contributed by atoms with Gasteiger partial charge in [-0.1, -0.05) is 30.7 Å². The Labute approximate surface area is 178 Å². The molecule has 29 heavy (non-hydrogen) atoms. The van der Waals surface area contributed by atoms with Gasteiger partial charge in [0.2, 0.25) is 5.82 Å². The minimum Gasteiger partial charge on any atom is -0.323 e. The smallest absolute Gasteiger partial charge is 0.251 e. The van der Waals surface area contributed by atoms with E-state index in [1.165, 1.54) is 16.6 Å². The van der Waals surface area contributed by atoms with Gasteiger partial charge in [0, 0.05) is 27.7 Å². The molecule has 1 unspecified atom stereocenters. The Bertz CT molecular complexity index is 1010. The molecule has 0 spiro atoms. The van der Waals surface area contributed by atoms with Crippen LogP contribution in [0.4, 0.5) is 5.69 Å². The summed E-state index contributed by atoms with van der Waals surface area (Å²) in [4.78, 5) is 15.2. The summed E-state index contributed by atoms with van der Waals surface area (Å²) in [5, 5.41) is 24.8. The first-order valence-corrected chi connectivity index (χ1v) is 10.4. The van der Waals surface area contributed by atoms with Crippen LogP contribution in [-0.4, -0.2) is 31.9 Å². The van der Waals surface area contributed by atoms with Crippen molar-refractivity contribution < 1.29 is 4.79 Å². The molecule has 0 aliphatic heterocycles. The molecule has 1 atom stereocenters. The highest BCUT2D eigenvalue weighted by Crippen LogP contribution is 2.28. The van der Waals surface area contributed by atoms with Crippen LogP contribution in [0.1, 0.15) is 25.8 Å². The van der Waals surface area contributed by atoms with Crippen LogP contribution in [-0.2, 0) is 4.79 Å². The number of halogens is 1. The van der Waals surface area contributed by atoms with Gasteiger partial charge in [0.15, 0.2) is 6.04 Å². The molecule has 0 fully saturated rings. The summed E-state index contributed by atoms with van der Waals surface area (Å²) >= 11 is 7.45. The third-order valence-corrected chi connectivity index (χ3v) is 5.44. The number of benzene rings is 2. The van der Waals surface area contributed by atoms with Gasteiger partial charge in [0.25, 0.3) is 5.91 Å². The monoisotopic (exact) mass is 426 g/mol. The van der Waals surface area contributed by atoms with E-state index in [-0.39, 0.29) is 5.91 Å². The number of hydrogen-bond donors (Lipinski definition) is 1. The third-order valence-electron chi connectivity index (χ3n) is 4.12. The number of nitrogens with zero attached hydrogens (tertiary/aromatic N) is 5. The van der Waals surface area contributed by atoms with E-state index in [0.29, 0.717) is 35.1 Å². The van der Waals surface area contributed by atoms with Crippen LogP contribution in [0, 0.1) is 11.3 Å². The van der Waals surface area contributed by atoms with Crippen molar-refractivity contribution in [2.75, 3.05) is 11.1 Å². The summed E-state index contributed by atoms with van der Waals surface area (Å²) in [6.45, 7) is 1.89. The van der Waals surface area contributed by atoms with Crippen LogP contribution in [0.25, 0.3) is 11.4 Å². The van der Waals surface area contributed by atoms with Gasteiger partial charge in [-0.25, -0.2) is 0 Å². The zero-order valence-electron chi connectivity index (χ0n) is 15.7. The Hall–Kier alpha value is -2.89. The van der Waals surface area contributed by atoms with E-state index in [9.17, 15) is 4.79 Å². The van der Waals surface area contributed by atoms with E-state index < -0.39 is 6.04 Å². The van der Waals surface area contributed by atoms with E-state index in [2.05, 4.69) is 26.8 Å². The number of amides is 1. The molecule has 1 aromatic heterocycles. The van der Waals surface area contributed by atoms with Crippen LogP contribution in [0.5, 0.6) is 0 Å². The highest BCUT2D eigenvalue weighted by atomic mass is 35.5. The summed E-state index contributed by atoms with van der Waals surface area (Å²) in [6, 6.07) is 16.2. The Balaban J connectivity index is 1.75. The number of para-hydroxylation sites is 1. The van der Waals surface area contributed by atoms with Crippen molar-refractivity contribution in [2.45, 2.75) is 30.7 Å². The number of carbonyl (C=O) groups excluding carboxylic acids is 1. The van der Waals surface area contributed by atoms with Gasteiger partial charge in [0.1, 0.15) is 0 Å². The zero-order chi connectivity index (χ0) is 20.6. The van der Waals surface area contributed by atoms with Crippen molar-refractivity contribution in [1.29, 1.82) is 5.26 Å². The highest BCUT2D eigenvalue weighted by Gasteiger charge is 2.23. The van der Waals surface area contributed by atoms with Crippen LogP contribution in [0.3, 0.4) is 0 Å². The maximum atomic E-state index is 12.9. The molecule has 3 rings (SSSR count). The van der Waals surface area contributed by atoms with Crippen molar-refractivity contribution in [3.63, 3.8) is 0 Å². The maximum absolute atomic E-state index is 12.9. The maximum Gasteiger partial charge on any atom is 0.251 e.